The van der Waals surface area contributed by atoms with Crippen molar-refractivity contribution in [1.82, 2.24) is 44.7 Å². The maximum atomic E-state index is 12.9. The Morgan fingerprint density at radius 2 is 1.84 bits per heavy atom. The highest BCUT2D eigenvalue weighted by Gasteiger charge is 2.53. The van der Waals surface area contributed by atoms with Crippen molar-refractivity contribution in [3.8, 4) is 34.3 Å². The van der Waals surface area contributed by atoms with Crippen LogP contribution in [0.1, 0.15) is 78.7 Å². The van der Waals surface area contributed by atoms with E-state index in [1.807, 2.05) is 23.4 Å². The Hall–Kier alpha value is -6.37. The largest absolute Gasteiger partial charge is 0.490 e. The molecule has 4 aromatic heterocycles. The van der Waals surface area contributed by atoms with Crippen molar-refractivity contribution >= 4 is 40.1 Å². The molecule has 0 bridgehead atoms. The van der Waals surface area contributed by atoms with Crippen molar-refractivity contribution in [2.45, 2.75) is 83.1 Å². The molecule has 7 heterocycles. The lowest BCUT2D eigenvalue weighted by atomic mass is 9.58. The zero-order chi connectivity index (χ0) is 43.5. The summed E-state index contributed by atoms with van der Waals surface area (Å²) >= 11 is 6.13. The number of hydrogen-bond acceptors (Lipinski definition) is 11. The number of ether oxygens (including phenoxy) is 2. The van der Waals surface area contributed by atoms with Crippen molar-refractivity contribution in [1.29, 1.82) is 5.26 Å². The maximum Gasteiger partial charge on any atom is 0.254 e. The predicted octanol–water partition coefficient (Wildman–Crippen LogP) is 6.79. The van der Waals surface area contributed by atoms with Crippen molar-refractivity contribution in [2.24, 2.45) is 11.3 Å². The van der Waals surface area contributed by atoms with E-state index in [4.69, 9.17) is 41.5 Å². The van der Waals surface area contributed by atoms with E-state index in [9.17, 15) is 9.59 Å². The van der Waals surface area contributed by atoms with Gasteiger partial charge in [-0.05, 0) is 55.2 Å². The maximum absolute atomic E-state index is 12.9. The van der Waals surface area contributed by atoms with Gasteiger partial charge in [0.05, 0.1) is 39.8 Å². The molecule has 5 aliphatic rings. The number of aromatic nitrogens is 7. The number of nitriles is 1. The zero-order valence-corrected chi connectivity index (χ0v) is 36.4. The first-order chi connectivity index (χ1) is 31.2. The second-order valence-electron chi connectivity index (χ2n) is 18.3. The molecule has 1 N–H and O–H groups in total. The Labute approximate surface area is 375 Å². The van der Waals surface area contributed by atoms with Gasteiger partial charge < -0.3 is 24.6 Å². The van der Waals surface area contributed by atoms with Crippen LogP contribution in [0.25, 0.3) is 33.3 Å². The van der Waals surface area contributed by atoms with Gasteiger partial charge in [0.2, 0.25) is 11.9 Å². The predicted molar refractivity (Wildman–Crippen MR) is 239 cm³/mol. The topological polar surface area (TPSA) is 169 Å². The third-order valence-corrected chi connectivity index (χ3v) is 14.2. The molecule has 2 aliphatic carbocycles. The first kappa shape index (κ1) is 40.4. The van der Waals surface area contributed by atoms with E-state index in [2.05, 4.69) is 60.0 Å². The average molecular weight is 878 g/mol. The third-order valence-electron chi connectivity index (χ3n) is 13.9. The van der Waals surface area contributed by atoms with Crippen LogP contribution in [-0.4, -0.2) is 96.2 Å². The summed E-state index contributed by atoms with van der Waals surface area (Å²) in [6, 6.07) is 15.9. The first-order valence-corrected chi connectivity index (χ1v) is 22.6. The van der Waals surface area contributed by atoms with E-state index >= 15 is 0 Å². The molecular weight excluding hydrogens is 830 g/mol. The molecular formula is C48H48ClN11O4. The quantitative estimate of drug-likeness (QED) is 0.154. The van der Waals surface area contributed by atoms with Gasteiger partial charge in [-0.2, -0.15) is 15.5 Å². The standard InChI is InChI=1S/C48H48ClN11O4/c1-29(61)57-10-7-44-41(26-57)45(56-60(44)36-8-11-63-12-9-36)39-4-2-3-31-13-43(51-23-40(31)39)34-22-54-59(25-34)24-30-17-48(18-30)27-58(28-48)47-52-20-33(21-53-47)46(62)55-35-14-38(15-35)64-37-6-5-32(19-50)42(49)16-37/h2-6,13,16,20-23,25,30,35-36,38H,7-12,14-15,17-18,24,26-28H2,1H3,(H,55,62). The first-order valence-electron chi connectivity index (χ1n) is 22.3. The van der Waals surface area contributed by atoms with Gasteiger partial charge in [0.1, 0.15) is 17.9 Å². The highest BCUT2D eigenvalue weighted by atomic mass is 35.5. The molecule has 4 fully saturated rings. The molecule has 2 aromatic carbocycles. The molecule has 15 nitrogen and oxygen atoms in total. The molecule has 2 amide bonds. The molecule has 2 saturated heterocycles. The molecule has 6 aromatic rings. The van der Waals surface area contributed by atoms with E-state index in [0.29, 0.717) is 65.7 Å². The van der Waals surface area contributed by atoms with Crippen molar-refractivity contribution < 1.29 is 19.1 Å². The van der Waals surface area contributed by atoms with E-state index in [1.54, 1.807) is 37.5 Å². The number of carbonyl (C=O) groups excluding carboxylic acids is 2. The third kappa shape index (κ3) is 7.62. The van der Waals surface area contributed by atoms with Crippen LogP contribution in [0.5, 0.6) is 5.75 Å². The summed E-state index contributed by atoms with van der Waals surface area (Å²) in [6.07, 6.45) is 15.5. The van der Waals surface area contributed by atoms with Gasteiger partial charge >= 0.3 is 0 Å². The number of anilines is 1. The Morgan fingerprint density at radius 3 is 2.61 bits per heavy atom. The van der Waals surface area contributed by atoms with Crippen LogP contribution in [-0.2, 0) is 29.0 Å². The molecule has 0 radical (unpaired) electrons. The highest BCUT2D eigenvalue weighted by Crippen LogP contribution is 2.53. The lowest BCUT2D eigenvalue weighted by molar-refractivity contribution is -0.129. The Bertz CT molecular complexity index is 2810. The molecule has 326 valence electrons. The summed E-state index contributed by atoms with van der Waals surface area (Å²) in [7, 11) is 0. The number of benzene rings is 2. The lowest BCUT2D eigenvalue weighted by Crippen LogP contribution is -2.63. The Morgan fingerprint density at radius 1 is 1.03 bits per heavy atom. The number of carbonyl (C=O) groups is 2. The minimum atomic E-state index is -0.196. The van der Waals surface area contributed by atoms with Crippen LogP contribution in [0.4, 0.5) is 5.95 Å². The fourth-order valence-corrected chi connectivity index (χ4v) is 10.7. The second-order valence-corrected chi connectivity index (χ2v) is 18.7. The summed E-state index contributed by atoms with van der Waals surface area (Å²) in [4.78, 5) is 43.6. The van der Waals surface area contributed by atoms with Gasteiger partial charge in [-0.15, -0.1) is 0 Å². The molecule has 1 spiro atoms. The number of amides is 2. The average Bonchev–Trinajstić information content (AvgIpc) is 3.91. The highest BCUT2D eigenvalue weighted by molar-refractivity contribution is 6.31. The van der Waals surface area contributed by atoms with E-state index in [1.165, 1.54) is 5.69 Å². The smallest absolute Gasteiger partial charge is 0.254 e. The summed E-state index contributed by atoms with van der Waals surface area (Å²) < 4.78 is 15.9. The number of nitrogens with zero attached hydrogens (tertiary/aromatic N) is 10. The van der Waals surface area contributed by atoms with Gasteiger partial charge in [0.25, 0.3) is 5.91 Å². The molecule has 0 atom stereocenters. The van der Waals surface area contributed by atoms with Crippen LogP contribution in [0.15, 0.2) is 73.4 Å². The minimum absolute atomic E-state index is 0.00433. The van der Waals surface area contributed by atoms with Crippen molar-refractivity contribution in [3.05, 3.63) is 101 Å². The molecule has 3 aliphatic heterocycles. The van der Waals surface area contributed by atoms with Crippen LogP contribution in [0.2, 0.25) is 5.02 Å². The number of nitrogens with one attached hydrogen (secondary N) is 1. The molecule has 11 rings (SSSR count). The second kappa shape index (κ2) is 16.3. The Balaban J connectivity index is 0.678. The van der Waals surface area contributed by atoms with Crippen LogP contribution >= 0.6 is 11.6 Å². The number of fused-ring (bicyclic) bond motifs is 2. The number of rotatable bonds is 10. The van der Waals surface area contributed by atoms with Gasteiger partial charge in [0, 0.05) is 142 Å². The van der Waals surface area contributed by atoms with E-state index < -0.39 is 0 Å². The number of halogens is 1. The zero-order valence-electron chi connectivity index (χ0n) is 35.6. The summed E-state index contributed by atoms with van der Waals surface area (Å²) in [5.41, 5.74) is 7.35. The molecule has 64 heavy (non-hydrogen) atoms. The van der Waals surface area contributed by atoms with Crippen molar-refractivity contribution in [2.75, 3.05) is 37.7 Å². The number of hydrogen-bond donors (Lipinski definition) is 1. The van der Waals surface area contributed by atoms with Crippen molar-refractivity contribution in [3.63, 3.8) is 0 Å². The molecule has 2 saturated carbocycles. The summed E-state index contributed by atoms with van der Waals surface area (Å²) in [5.74, 6) is 1.70. The summed E-state index contributed by atoms with van der Waals surface area (Å²) in [6.45, 7) is 7.07. The van der Waals surface area contributed by atoms with Gasteiger partial charge in [-0.1, -0.05) is 29.8 Å². The SMILES string of the molecule is CC(=O)N1CCc2c(c(-c3cccc4cc(-c5cnn(CC6CC7(C6)CN(c6ncc(C(=O)NC8CC(Oc9ccc(C#N)c(Cl)c9)C8)cn6)C7)c5)ncc34)nn2C2CCOCC2)C1. The monoisotopic (exact) mass is 877 g/mol. The fraction of sp³-hybridized carbons (Fsp3) is 0.417. The van der Waals surface area contributed by atoms with Crippen LogP contribution in [0.3, 0.4) is 0 Å². The minimum Gasteiger partial charge on any atom is -0.490 e. The number of pyridine rings is 1. The lowest BCUT2D eigenvalue weighted by Gasteiger charge is -2.59. The van der Waals surface area contributed by atoms with Gasteiger partial charge in [0.15, 0.2) is 0 Å². The fourth-order valence-electron chi connectivity index (χ4n) is 10.5. The normalized spacial score (nSPS) is 20.5. The molecule has 16 heteroatoms. The van der Waals surface area contributed by atoms with Gasteiger partial charge in [-0.25, -0.2) is 9.97 Å². The van der Waals surface area contributed by atoms with E-state index in [0.717, 1.165) is 104 Å². The van der Waals surface area contributed by atoms with Gasteiger partial charge in [-0.3, -0.25) is 23.9 Å². The van der Waals surface area contributed by atoms with Crippen LogP contribution in [0, 0.1) is 22.7 Å². The summed E-state index contributed by atoms with van der Waals surface area (Å²) in [5, 5.41) is 24.6. The van der Waals surface area contributed by atoms with E-state index in [-0.39, 0.29) is 29.4 Å². The van der Waals surface area contributed by atoms with Crippen LogP contribution < -0.4 is 15.0 Å². The molecule has 0 unspecified atom stereocenters. The Kier molecular flexibility index (Phi) is 10.3.